The van der Waals surface area contributed by atoms with Gasteiger partial charge in [-0.25, -0.2) is 9.07 Å². The number of hydrogen-bond acceptors (Lipinski definition) is 4. The summed E-state index contributed by atoms with van der Waals surface area (Å²) >= 11 is 1.52. The number of nitrogens with zero attached hydrogens (tertiary/aromatic N) is 2. The molecule has 0 saturated heterocycles. The van der Waals surface area contributed by atoms with Gasteiger partial charge in [-0.3, -0.25) is 4.79 Å². The molecule has 0 fully saturated rings. The maximum Gasteiger partial charge on any atom is 0.259 e. The van der Waals surface area contributed by atoms with Crippen LogP contribution in [0.3, 0.4) is 0 Å². The number of aryl methyl sites for hydroxylation is 1. The number of rotatable bonds is 5. The zero-order valence-electron chi connectivity index (χ0n) is 13.0. The SMILES string of the molecule is Cc1ccc(C(=O)Nc2cc(-c3cccs3)nn2CCO)c(F)c1. The second-order valence-electron chi connectivity index (χ2n) is 5.28. The van der Waals surface area contributed by atoms with Gasteiger partial charge in [-0.1, -0.05) is 12.1 Å². The van der Waals surface area contributed by atoms with Crippen molar-refractivity contribution in [2.75, 3.05) is 11.9 Å². The predicted octanol–water partition coefficient (Wildman–Crippen LogP) is 3.30. The fourth-order valence-electron chi connectivity index (χ4n) is 2.32. The van der Waals surface area contributed by atoms with Crippen molar-refractivity contribution >= 4 is 23.1 Å². The molecular formula is C17H16FN3O2S. The van der Waals surface area contributed by atoms with Crippen molar-refractivity contribution in [1.82, 2.24) is 9.78 Å². The van der Waals surface area contributed by atoms with Crippen LogP contribution in [0.15, 0.2) is 41.8 Å². The molecule has 124 valence electrons. The molecule has 0 radical (unpaired) electrons. The van der Waals surface area contributed by atoms with E-state index in [9.17, 15) is 14.3 Å². The van der Waals surface area contributed by atoms with Gasteiger partial charge in [0.25, 0.3) is 5.91 Å². The lowest BCUT2D eigenvalue weighted by atomic mass is 10.1. The molecule has 2 aromatic heterocycles. The van der Waals surface area contributed by atoms with Crippen molar-refractivity contribution < 1.29 is 14.3 Å². The van der Waals surface area contributed by atoms with Gasteiger partial charge in [0.15, 0.2) is 0 Å². The van der Waals surface area contributed by atoms with E-state index in [1.54, 1.807) is 19.1 Å². The standard InChI is InChI=1S/C17H16FN3O2S/c1-11-4-5-12(13(18)9-11)17(23)19-16-10-14(15-3-2-8-24-15)20-21(16)6-7-22/h2-5,8-10,22H,6-7H2,1H3,(H,19,23). The Morgan fingerprint density at radius 2 is 2.21 bits per heavy atom. The third-order valence-corrected chi connectivity index (χ3v) is 4.37. The number of nitrogens with one attached hydrogen (secondary N) is 1. The van der Waals surface area contributed by atoms with E-state index in [1.165, 1.54) is 28.2 Å². The van der Waals surface area contributed by atoms with Crippen molar-refractivity contribution in [1.29, 1.82) is 0 Å². The van der Waals surface area contributed by atoms with E-state index in [1.807, 2.05) is 17.5 Å². The first-order valence-electron chi connectivity index (χ1n) is 7.38. The molecule has 0 saturated carbocycles. The third-order valence-electron chi connectivity index (χ3n) is 3.48. The monoisotopic (exact) mass is 345 g/mol. The number of aliphatic hydroxyl groups is 1. The van der Waals surface area contributed by atoms with E-state index in [0.717, 1.165) is 10.4 Å². The Kier molecular flexibility index (Phi) is 4.73. The number of aliphatic hydroxyl groups excluding tert-OH is 1. The number of halogens is 1. The highest BCUT2D eigenvalue weighted by Crippen LogP contribution is 2.26. The molecule has 0 unspecified atom stereocenters. The number of benzene rings is 1. The summed E-state index contributed by atoms with van der Waals surface area (Å²) in [5.74, 6) is -0.707. The van der Waals surface area contributed by atoms with E-state index in [4.69, 9.17) is 0 Å². The number of hydrogen-bond donors (Lipinski definition) is 2. The Bertz CT molecular complexity index is 859. The molecule has 0 aliphatic heterocycles. The van der Waals surface area contributed by atoms with Crippen molar-refractivity contribution in [2.45, 2.75) is 13.5 Å². The first-order valence-corrected chi connectivity index (χ1v) is 8.26. The highest BCUT2D eigenvalue weighted by molar-refractivity contribution is 7.13. The molecule has 24 heavy (non-hydrogen) atoms. The largest absolute Gasteiger partial charge is 0.394 e. The Morgan fingerprint density at radius 3 is 2.88 bits per heavy atom. The lowest BCUT2D eigenvalue weighted by Crippen LogP contribution is -2.18. The number of carbonyl (C=O) groups is 1. The van der Waals surface area contributed by atoms with Crippen LogP contribution in [0.4, 0.5) is 10.2 Å². The lowest BCUT2D eigenvalue weighted by molar-refractivity contribution is 0.102. The van der Waals surface area contributed by atoms with Crippen LogP contribution in [0.5, 0.6) is 0 Å². The summed E-state index contributed by atoms with van der Waals surface area (Å²) < 4.78 is 15.5. The summed E-state index contributed by atoms with van der Waals surface area (Å²) in [6.45, 7) is 1.87. The van der Waals surface area contributed by atoms with Crippen molar-refractivity contribution in [3.8, 4) is 10.6 Å². The number of amides is 1. The van der Waals surface area contributed by atoms with Crippen LogP contribution in [-0.2, 0) is 6.54 Å². The van der Waals surface area contributed by atoms with Crippen LogP contribution in [0.1, 0.15) is 15.9 Å². The van der Waals surface area contributed by atoms with Crippen molar-refractivity contribution in [3.05, 3.63) is 58.7 Å². The summed E-state index contributed by atoms with van der Waals surface area (Å²) in [4.78, 5) is 13.3. The van der Waals surface area contributed by atoms with Gasteiger partial charge < -0.3 is 10.4 Å². The number of anilines is 1. The molecule has 2 heterocycles. The van der Waals surface area contributed by atoms with Crippen LogP contribution in [0, 0.1) is 12.7 Å². The second kappa shape index (κ2) is 6.94. The summed E-state index contributed by atoms with van der Waals surface area (Å²) in [6, 6.07) is 9.99. The van der Waals surface area contributed by atoms with Gasteiger partial charge in [0, 0.05) is 6.07 Å². The first-order chi connectivity index (χ1) is 11.6. The van der Waals surface area contributed by atoms with Gasteiger partial charge in [0.1, 0.15) is 17.3 Å². The minimum Gasteiger partial charge on any atom is -0.394 e. The summed E-state index contributed by atoms with van der Waals surface area (Å²) in [6.07, 6.45) is 0. The van der Waals surface area contributed by atoms with Crippen molar-refractivity contribution in [3.63, 3.8) is 0 Å². The zero-order chi connectivity index (χ0) is 17.1. The molecule has 0 atom stereocenters. The maximum absolute atomic E-state index is 14.0. The van der Waals surface area contributed by atoms with Crippen LogP contribution >= 0.6 is 11.3 Å². The summed E-state index contributed by atoms with van der Waals surface area (Å²) in [5.41, 5.74) is 1.41. The number of carbonyl (C=O) groups excluding carboxylic acids is 1. The van der Waals surface area contributed by atoms with Crippen LogP contribution in [0.25, 0.3) is 10.6 Å². The van der Waals surface area contributed by atoms with Gasteiger partial charge in [-0.05, 0) is 36.1 Å². The van der Waals surface area contributed by atoms with E-state index in [0.29, 0.717) is 11.5 Å². The third kappa shape index (κ3) is 3.37. The average Bonchev–Trinajstić information content (AvgIpc) is 3.18. The Labute approximate surface area is 142 Å². The Balaban J connectivity index is 1.89. The molecule has 3 aromatic rings. The summed E-state index contributed by atoms with van der Waals surface area (Å²) in [5, 5.41) is 18.2. The summed E-state index contributed by atoms with van der Waals surface area (Å²) in [7, 11) is 0. The maximum atomic E-state index is 14.0. The first kappa shape index (κ1) is 16.4. The van der Waals surface area contributed by atoms with Crippen molar-refractivity contribution in [2.24, 2.45) is 0 Å². The van der Waals surface area contributed by atoms with Gasteiger partial charge in [-0.2, -0.15) is 5.10 Å². The fourth-order valence-corrected chi connectivity index (χ4v) is 3.00. The molecule has 7 heteroatoms. The van der Waals surface area contributed by atoms with Crippen LogP contribution < -0.4 is 5.32 Å². The predicted molar refractivity (Wildman–Crippen MR) is 91.7 cm³/mol. The minimum absolute atomic E-state index is 0.0324. The Hall–Kier alpha value is -2.51. The van der Waals surface area contributed by atoms with E-state index in [2.05, 4.69) is 10.4 Å². The van der Waals surface area contributed by atoms with Crippen LogP contribution in [0.2, 0.25) is 0 Å². The molecule has 0 spiro atoms. The topological polar surface area (TPSA) is 67.2 Å². The molecule has 0 aliphatic rings. The van der Waals surface area contributed by atoms with Crippen LogP contribution in [-0.4, -0.2) is 27.4 Å². The molecule has 1 amide bonds. The zero-order valence-corrected chi connectivity index (χ0v) is 13.8. The van der Waals surface area contributed by atoms with Gasteiger partial charge in [0.2, 0.25) is 0 Å². The molecule has 2 N–H and O–H groups in total. The van der Waals surface area contributed by atoms with E-state index < -0.39 is 11.7 Å². The number of thiophene rings is 1. The molecule has 1 aromatic carbocycles. The molecular weight excluding hydrogens is 329 g/mol. The lowest BCUT2D eigenvalue weighted by Gasteiger charge is -2.08. The van der Waals surface area contributed by atoms with E-state index in [-0.39, 0.29) is 18.7 Å². The van der Waals surface area contributed by atoms with Gasteiger partial charge in [-0.15, -0.1) is 11.3 Å². The highest BCUT2D eigenvalue weighted by atomic mass is 32.1. The number of aromatic nitrogens is 2. The van der Waals surface area contributed by atoms with Gasteiger partial charge >= 0.3 is 0 Å². The van der Waals surface area contributed by atoms with Gasteiger partial charge in [0.05, 0.1) is 23.6 Å². The highest BCUT2D eigenvalue weighted by Gasteiger charge is 2.16. The second-order valence-corrected chi connectivity index (χ2v) is 6.22. The molecule has 3 rings (SSSR count). The quantitative estimate of drug-likeness (QED) is 0.745. The molecule has 0 bridgehead atoms. The smallest absolute Gasteiger partial charge is 0.259 e. The minimum atomic E-state index is -0.570. The Morgan fingerprint density at radius 1 is 1.38 bits per heavy atom. The van der Waals surface area contributed by atoms with E-state index >= 15 is 0 Å². The fraction of sp³-hybridized carbons (Fsp3) is 0.176. The normalized spacial score (nSPS) is 10.8. The average molecular weight is 345 g/mol. The molecule has 0 aliphatic carbocycles. The molecule has 5 nitrogen and oxygen atoms in total.